The molecule has 0 radical (unpaired) electrons. The average molecular weight is 194 g/mol. The summed E-state index contributed by atoms with van der Waals surface area (Å²) in [7, 11) is 0. The smallest absolute Gasteiger partial charge is 0.407 e. The van der Waals surface area contributed by atoms with E-state index in [0.717, 1.165) is 31.8 Å². The Balaban J connectivity index is 0.00000121. The van der Waals surface area contributed by atoms with Crippen molar-refractivity contribution >= 4 is 18.5 Å². The maximum atomic E-state index is 10.5. The Hall–Kier alpha value is -0.440. The summed E-state index contributed by atoms with van der Waals surface area (Å²) in [5.41, 5.74) is 0. The van der Waals surface area contributed by atoms with E-state index in [2.05, 4.69) is 6.92 Å². The van der Waals surface area contributed by atoms with E-state index in [-0.39, 0.29) is 12.4 Å². The molecule has 4 heteroatoms. The lowest BCUT2D eigenvalue weighted by atomic mass is 9.95. The van der Waals surface area contributed by atoms with E-state index in [1.807, 2.05) is 0 Å². The summed E-state index contributed by atoms with van der Waals surface area (Å²) in [5.74, 6) is 0.755. The van der Waals surface area contributed by atoms with Crippen LogP contribution in [0.15, 0.2) is 0 Å². The molecule has 0 aliphatic carbocycles. The molecule has 1 fully saturated rings. The van der Waals surface area contributed by atoms with Crippen molar-refractivity contribution in [3.63, 3.8) is 0 Å². The highest BCUT2D eigenvalue weighted by Crippen LogP contribution is 2.19. The van der Waals surface area contributed by atoms with E-state index in [4.69, 9.17) is 5.11 Å². The highest BCUT2D eigenvalue weighted by molar-refractivity contribution is 5.85. The lowest BCUT2D eigenvalue weighted by molar-refractivity contribution is 0.124. The first-order valence-electron chi connectivity index (χ1n) is 4.22. The monoisotopic (exact) mass is 193 g/mol. The van der Waals surface area contributed by atoms with Crippen LogP contribution in [-0.4, -0.2) is 29.2 Å². The molecule has 0 aromatic rings. The van der Waals surface area contributed by atoms with Gasteiger partial charge in [-0.2, -0.15) is 0 Å². The third-order valence-electron chi connectivity index (χ3n) is 2.46. The Morgan fingerprint density at radius 2 is 2.00 bits per heavy atom. The number of likely N-dealkylation sites (tertiary alicyclic amines) is 1. The van der Waals surface area contributed by atoms with Crippen LogP contribution >= 0.6 is 12.4 Å². The van der Waals surface area contributed by atoms with Crippen molar-refractivity contribution in [1.82, 2.24) is 4.90 Å². The first-order valence-corrected chi connectivity index (χ1v) is 4.22. The number of amides is 1. The fourth-order valence-corrected chi connectivity index (χ4v) is 1.53. The topological polar surface area (TPSA) is 40.5 Å². The SMILES string of the molecule is CCC1CCN(C(=O)O)CC1.Cl. The molecular formula is C8H16ClNO2. The second-order valence-electron chi connectivity index (χ2n) is 3.12. The summed E-state index contributed by atoms with van der Waals surface area (Å²) in [5, 5.41) is 8.62. The third-order valence-corrected chi connectivity index (χ3v) is 2.46. The molecule has 3 nitrogen and oxygen atoms in total. The van der Waals surface area contributed by atoms with Crippen LogP contribution in [0.1, 0.15) is 26.2 Å². The number of piperidine rings is 1. The van der Waals surface area contributed by atoms with Crippen molar-refractivity contribution in [2.24, 2.45) is 5.92 Å². The van der Waals surface area contributed by atoms with Crippen molar-refractivity contribution < 1.29 is 9.90 Å². The molecule has 1 aliphatic rings. The Bertz CT molecular complexity index is 144. The fourth-order valence-electron chi connectivity index (χ4n) is 1.53. The predicted molar refractivity (Wildman–Crippen MR) is 49.9 cm³/mol. The molecular weight excluding hydrogens is 178 g/mol. The molecule has 0 aromatic carbocycles. The van der Waals surface area contributed by atoms with E-state index >= 15 is 0 Å². The van der Waals surface area contributed by atoms with E-state index in [9.17, 15) is 4.79 Å². The van der Waals surface area contributed by atoms with Crippen molar-refractivity contribution in [3.05, 3.63) is 0 Å². The summed E-state index contributed by atoms with van der Waals surface area (Å²) in [6.07, 6.45) is 2.51. The Labute approximate surface area is 79.2 Å². The summed E-state index contributed by atoms with van der Waals surface area (Å²) in [6, 6.07) is 0. The zero-order chi connectivity index (χ0) is 8.27. The second-order valence-corrected chi connectivity index (χ2v) is 3.12. The van der Waals surface area contributed by atoms with Gasteiger partial charge >= 0.3 is 6.09 Å². The minimum absolute atomic E-state index is 0. The molecule has 72 valence electrons. The molecule has 12 heavy (non-hydrogen) atoms. The van der Waals surface area contributed by atoms with Crippen LogP contribution in [0.25, 0.3) is 0 Å². The van der Waals surface area contributed by atoms with Crippen LogP contribution < -0.4 is 0 Å². The summed E-state index contributed by atoms with van der Waals surface area (Å²) in [4.78, 5) is 12.0. The molecule has 1 amide bonds. The molecule has 0 spiro atoms. The van der Waals surface area contributed by atoms with Crippen LogP contribution in [0.3, 0.4) is 0 Å². The van der Waals surface area contributed by atoms with E-state index in [0.29, 0.717) is 0 Å². The van der Waals surface area contributed by atoms with Crippen molar-refractivity contribution in [1.29, 1.82) is 0 Å². The maximum absolute atomic E-state index is 10.5. The Kier molecular flexibility index (Phi) is 5.06. The van der Waals surface area contributed by atoms with E-state index in [1.54, 1.807) is 0 Å². The van der Waals surface area contributed by atoms with Gasteiger partial charge in [0, 0.05) is 13.1 Å². The van der Waals surface area contributed by atoms with Gasteiger partial charge < -0.3 is 10.0 Å². The normalized spacial score (nSPS) is 18.6. The quantitative estimate of drug-likeness (QED) is 0.694. The van der Waals surface area contributed by atoms with Gasteiger partial charge in [-0.05, 0) is 18.8 Å². The number of rotatable bonds is 1. The van der Waals surface area contributed by atoms with Gasteiger partial charge in [-0.3, -0.25) is 0 Å². The predicted octanol–water partition coefficient (Wildman–Crippen LogP) is 2.21. The van der Waals surface area contributed by atoms with E-state index < -0.39 is 6.09 Å². The zero-order valence-corrected chi connectivity index (χ0v) is 8.14. The van der Waals surface area contributed by atoms with Gasteiger partial charge in [0.2, 0.25) is 0 Å². The van der Waals surface area contributed by atoms with Gasteiger partial charge in [-0.25, -0.2) is 4.79 Å². The molecule has 1 rings (SSSR count). The Morgan fingerprint density at radius 3 is 2.33 bits per heavy atom. The van der Waals surface area contributed by atoms with E-state index in [1.165, 1.54) is 11.3 Å². The standard InChI is InChI=1S/C8H15NO2.ClH/c1-2-7-3-5-9(6-4-7)8(10)11;/h7H,2-6H2,1H3,(H,10,11);1H. The lowest BCUT2D eigenvalue weighted by Crippen LogP contribution is -2.37. The molecule has 1 saturated heterocycles. The van der Waals surface area contributed by atoms with Crippen molar-refractivity contribution in [3.8, 4) is 0 Å². The van der Waals surface area contributed by atoms with Crippen LogP contribution in [0, 0.1) is 5.92 Å². The fraction of sp³-hybridized carbons (Fsp3) is 0.875. The van der Waals surface area contributed by atoms with Gasteiger partial charge in [0.1, 0.15) is 0 Å². The van der Waals surface area contributed by atoms with Crippen LogP contribution in [-0.2, 0) is 0 Å². The van der Waals surface area contributed by atoms with Crippen molar-refractivity contribution in [2.45, 2.75) is 26.2 Å². The van der Waals surface area contributed by atoms with Gasteiger partial charge in [-0.1, -0.05) is 13.3 Å². The summed E-state index contributed by atoms with van der Waals surface area (Å²) < 4.78 is 0. The zero-order valence-electron chi connectivity index (χ0n) is 7.32. The number of carboxylic acid groups (broad SMARTS) is 1. The number of hydrogen-bond acceptors (Lipinski definition) is 1. The molecule has 0 bridgehead atoms. The van der Waals surface area contributed by atoms with Crippen LogP contribution in [0.4, 0.5) is 4.79 Å². The van der Waals surface area contributed by atoms with Gasteiger partial charge in [0.25, 0.3) is 0 Å². The van der Waals surface area contributed by atoms with Gasteiger partial charge in [0.15, 0.2) is 0 Å². The largest absolute Gasteiger partial charge is 0.465 e. The highest BCUT2D eigenvalue weighted by atomic mass is 35.5. The molecule has 1 aliphatic heterocycles. The van der Waals surface area contributed by atoms with Crippen LogP contribution in [0.2, 0.25) is 0 Å². The number of nitrogens with zero attached hydrogens (tertiary/aromatic N) is 1. The highest BCUT2D eigenvalue weighted by Gasteiger charge is 2.20. The molecule has 0 saturated carbocycles. The number of halogens is 1. The molecule has 0 atom stereocenters. The number of carbonyl (C=O) groups is 1. The lowest BCUT2D eigenvalue weighted by Gasteiger charge is -2.29. The Morgan fingerprint density at radius 1 is 1.50 bits per heavy atom. The van der Waals surface area contributed by atoms with Gasteiger partial charge in [0.05, 0.1) is 0 Å². The minimum atomic E-state index is -0.764. The second kappa shape index (κ2) is 5.25. The molecule has 1 N–H and O–H groups in total. The minimum Gasteiger partial charge on any atom is -0.465 e. The molecule has 0 aromatic heterocycles. The van der Waals surface area contributed by atoms with Crippen molar-refractivity contribution in [2.75, 3.05) is 13.1 Å². The third kappa shape index (κ3) is 2.89. The first kappa shape index (κ1) is 11.6. The first-order chi connectivity index (χ1) is 5.24. The van der Waals surface area contributed by atoms with Gasteiger partial charge in [-0.15, -0.1) is 12.4 Å². The average Bonchev–Trinajstić information content (AvgIpc) is 2.05. The summed E-state index contributed by atoms with van der Waals surface area (Å²) in [6.45, 7) is 3.63. The molecule has 0 unspecified atom stereocenters. The summed E-state index contributed by atoms with van der Waals surface area (Å²) >= 11 is 0. The number of hydrogen-bond donors (Lipinski definition) is 1. The molecule has 1 heterocycles. The maximum Gasteiger partial charge on any atom is 0.407 e. The van der Waals surface area contributed by atoms with Crippen LogP contribution in [0.5, 0.6) is 0 Å².